The van der Waals surface area contributed by atoms with Gasteiger partial charge in [0.05, 0.1) is 16.9 Å². The number of non-ortho nitro benzene ring substituents is 1. The number of ether oxygens (including phenoxy) is 1. The van der Waals surface area contributed by atoms with Gasteiger partial charge in [-0.25, -0.2) is 14.1 Å². The van der Waals surface area contributed by atoms with Crippen molar-refractivity contribution in [2.45, 2.75) is 64.4 Å². The number of nitro benzene ring substituents is 1. The van der Waals surface area contributed by atoms with E-state index in [0.29, 0.717) is 0 Å². The normalized spacial score (nSPS) is 19.3. The molecule has 9 nitrogen and oxygen atoms in total. The van der Waals surface area contributed by atoms with E-state index in [0.717, 1.165) is 23.1 Å². The Morgan fingerprint density at radius 3 is 2.45 bits per heavy atom. The highest BCUT2D eigenvalue weighted by Gasteiger charge is 2.46. The first-order valence-corrected chi connectivity index (χ1v) is 10.9. The van der Waals surface area contributed by atoms with Crippen molar-refractivity contribution in [1.29, 1.82) is 0 Å². The van der Waals surface area contributed by atoms with E-state index < -0.39 is 56.4 Å². The van der Waals surface area contributed by atoms with Gasteiger partial charge in [-0.05, 0) is 54.0 Å². The molecule has 31 heavy (non-hydrogen) atoms. The number of nitrogens with zero attached hydrogens (tertiary/aromatic N) is 2. The Kier molecular flexibility index (Phi) is 7.34. The van der Waals surface area contributed by atoms with Crippen LogP contribution in [-0.4, -0.2) is 43.3 Å². The van der Waals surface area contributed by atoms with Gasteiger partial charge < -0.3 is 9.29 Å². The molecule has 172 valence electrons. The molecule has 0 aliphatic carbocycles. The summed E-state index contributed by atoms with van der Waals surface area (Å²) in [5.74, 6) is -2.36. The molecule has 1 heterocycles. The Morgan fingerprint density at radius 2 is 1.94 bits per heavy atom. The fourth-order valence-corrected chi connectivity index (χ4v) is 3.92. The van der Waals surface area contributed by atoms with E-state index >= 15 is 0 Å². The van der Waals surface area contributed by atoms with Gasteiger partial charge in [0, 0.05) is 35.6 Å². The number of halogens is 1. The second-order valence-corrected chi connectivity index (χ2v) is 11.3. The average Bonchev–Trinajstić information content (AvgIpc) is 2.99. The van der Waals surface area contributed by atoms with Crippen molar-refractivity contribution in [3.05, 3.63) is 39.7 Å². The third kappa shape index (κ3) is 6.14. The first-order valence-electron chi connectivity index (χ1n) is 9.78. The number of carbonyl (C=O) groups is 2. The number of hydrogen-bond donors (Lipinski definition) is 1. The Bertz CT molecular complexity index is 867. The quantitative estimate of drug-likeness (QED) is 0.407. The second-order valence-electron chi connectivity index (χ2n) is 9.30. The summed E-state index contributed by atoms with van der Waals surface area (Å²) in [5, 5.41) is 11.2. The number of amides is 2. The zero-order valence-corrected chi connectivity index (χ0v) is 19.2. The van der Waals surface area contributed by atoms with Crippen LogP contribution in [0.2, 0.25) is 0 Å². The van der Waals surface area contributed by atoms with Gasteiger partial charge in [-0.3, -0.25) is 14.9 Å². The standard InChI is InChI=1S/C20H28FN3O6S/c1-19(2,3)30-18(26)23-10-9-13(17(23)25)16(22-31(29)20(4,5)6)14-11-12(24(27)28)7-8-15(14)21/h7-8,11,13,16,22H,9-10H2,1-6H3. The summed E-state index contributed by atoms with van der Waals surface area (Å²) < 4.78 is 34.8. The molecular weight excluding hydrogens is 429 g/mol. The number of carbonyl (C=O) groups excluding carboxylic acids is 2. The maximum Gasteiger partial charge on any atom is 0.417 e. The van der Waals surface area contributed by atoms with E-state index in [1.807, 2.05) is 0 Å². The molecule has 2 amide bonds. The van der Waals surface area contributed by atoms with Gasteiger partial charge in [0.25, 0.3) is 5.69 Å². The zero-order valence-electron chi connectivity index (χ0n) is 18.4. The summed E-state index contributed by atoms with van der Waals surface area (Å²) in [6.45, 7) is 10.1. The van der Waals surface area contributed by atoms with E-state index in [-0.39, 0.29) is 24.2 Å². The van der Waals surface area contributed by atoms with E-state index in [4.69, 9.17) is 4.74 Å². The van der Waals surface area contributed by atoms with Crippen molar-refractivity contribution in [2.24, 2.45) is 5.92 Å². The molecule has 0 saturated carbocycles. The van der Waals surface area contributed by atoms with Crippen molar-refractivity contribution >= 4 is 29.0 Å². The van der Waals surface area contributed by atoms with Crippen LogP contribution in [0.4, 0.5) is 14.9 Å². The third-order valence-electron chi connectivity index (χ3n) is 4.58. The summed E-state index contributed by atoms with van der Waals surface area (Å²) in [5.41, 5.74) is -1.33. The highest BCUT2D eigenvalue weighted by molar-refractivity contribution is 7.90. The maximum absolute atomic E-state index is 14.7. The molecule has 0 spiro atoms. The van der Waals surface area contributed by atoms with Crippen LogP contribution in [0, 0.1) is 21.8 Å². The van der Waals surface area contributed by atoms with E-state index in [2.05, 4.69) is 4.72 Å². The fraction of sp³-hybridized carbons (Fsp3) is 0.600. The Hall–Kier alpha value is -2.24. The molecule has 1 aromatic rings. The maximum atomic E-state index is 14.7. The number of nitrogens with one attached hydrogen (secondary N) is 1. The monoisotopic (exact) mass is 457 g/mol. The van der Waals surface area contributed by atoms with Gasteiger partial charge in [0.2, 0.25) is 5.91 Å². The van der Waals surface area contributed by atoms with Crippen LogP contribution >= 0.6 is 0 Å². The lowest BCUT2D eigenvalue weighted by Crippen LogP contribution is -2.45. The van der Waals surface area contributed by atoms with Crippen molar-refractivity contribution in [3.63, 3.8) is 0 Å². The third-order valence-corrected chi connectivity index (χ3v) is 6.16. The van der Waals surface area contributed by atoms with Crippen LogP contribution in [-0.2, 0) is 20.9 Å². The smallest absolute Gasteiger partial charge is 0.417 e. The topological polar surface area (TPSA) is 125 Å². The molecule has 0 radical (unpaired) electrons. The summed E-state index contributed by atoms with van der Waals surface area (Å²) >= 11 is -1.72. The number of benzene rings is 1. The van der Waals surface area contributed by atoms with Gasteiger partial charge in [-0.15, -0.1) is 4.72 Å². The molecule has 0 bridgehead atoms. The molecule has 1 aliphatic heterocycles. The van der Waals surface area contributed by atoms with Crippen LogP contribution in [0.25, 0.3) is 0 Å². The minimum Gasteiger partial charge on any atom is -0.598 e. The van der Waals surface area contributed by atoms with Crippen molar-refractivity contribution in [1.82, 2.24) is 9.62 Å². The Morgan fingerprint density at radius 1 is 1.32 bits per heavy atom. The number of hydrogen-bond acceptors (Lipinski definition) is 7. The molecule has 1 fully saturated rings. The Balaban J connectivity index is 2.43. The first-order chi connectivity index (χ1) is 14.1. The van der Waals surface area contributed by atoms with Gasteiger partial charge in [0.15, 0.2) is 0 Å². The minimum absolute atomic E-state index is 0.0370. The second kappa shape index (κ2) is 9.09. The summed E-state index contributed by atoms with van der Waals surface area (Å²) in [7, 11) is 0. The van der Waals surface area contributed by atoms with Crippen molar-refractivity contribution in [2.75, 3.05) is 6.54 Å². The van der Waals surface area contributed by atoms with Crippen molar-refractivity contribution < 1.29 is 28.2 Å². The largest absolute Gasteiger partial charge is 0.598 e. The highest BCUT2D eigenvalue weighted by Crippen LogP contribution is 2.36. The Labute approximate surface area is 183 Å². The lowest BCUT2D eigenvalue weighted by molar-refractivity contribution is -0.385. The first kappa shape index (κ1) is 25.0. The number of likely N-dealkylation sites (tertiary alicyclic amines) is 1. The molecular formula is C20H28FN3O6S. The molecule has 3 atom stereocenters. The molecule has 1 aromatic carbocycles. The molecule has 1 aliphatic rings. The molecule has 1 saturated heterocycles. The van der Waals surface area contributed by atoms with Crippen LogP contribution < -0.4 is 4.72 Å². The van der Waals surface area contributed by atoms with Gasteiger partial charge in [0.1, 0.15) is 16.2 Å². The molecule has 2 rings (SSSR count). The van der Waals surface area contributed by atoms with E-state index in [1.165, 1.54) is 0 Å². The van der Waals surface area contributed by atoms with Crippen LogP contribution in [0.15, 0.2) is 18.2 Å². The summed E-state index contributed by atoms with van der Waals surface area (Å²) in [6.07, 6.45) is -0.672. The molecule has 11 heteroatoms. The van der Waals surface area contributed by atoms with Crippen LogP contribution in [0.1, 0.15) is 59.6 Å². The lowest BCUT2D eigenvalue weighted by Gasteiger charge is -2.30. The minimum atomic E-state index is -1.72. The summed E-state index contributed by atoms with van der Waals surface area (Å²) in [6, 6.07) is 1.84. The summed E-state index contributed by atoms with van der Waals surface area (Å²) in [4.78, 5) is 36.9. The lowest BCUT2D eigenvalue weighted by atomic mass is 9.92. The molecule has 1 N–H and O–H groups in total. The molecule has 0 aromatic heterocycles. The highest BCUT2D eigenvalue weighted by atomic mass is 32.2. The predicted molar refractivity (Wildman–Crippen MR) is 113 cm³/mol. The fourth-order valence-electron chi connectivity index (χ4n) is 3.05. The van der Waals surface area contributed by atoms with E-state index in [9.17, 15) is 28.6 Å². The van der Waals surface area contributed by atoms with Crippen molar-refractivity contribution in [3.8, 4) is 0 Å². The van der Waals surface area contributed by atoms with Gasteiger partial charge >= 0.3 is 6.09 Å². The zero-order chi connectivity index (χ0) is 23.7. The molecule has 3 unspecified atom stereocenters. The van der Waals surface area contributed by atoms with E-state index in [1.54, 1.807) is 41.5 Å². The van der Waals surface area contributed by atoms with Gasteiger partial charge in [-0.2, -0.15) is 0 Å². The van der Waals surface area contributed by atoms with Crippen LogP contribution in [0.3, 0.4) is 0 Å². The van der Waals surface area contributed by atoms with Gasteiger partial charge in [-0.1, -0.05) is 0 Å². The van der Waals surface area contributed by atoms with Crippen LogP contribution in [0.5, 0.6) is 0 Å². The number of nitro groups is 1. The predicted octanol–water partition coefficient (Wildman–Crippen LogP) is 3.61. The average molecular weight is 458 g/mol. The number of imide groups is 1. The number of rotatable bonds is 5. The SMILES string of the molecule is CC(C)(C)OC(=O)N1CCC(C(N[S+]([O-])C(C)(C)C)c2cc([N+](=O)[O-])ccc2F)C1=O.